The highest BCUT2D eigenvalue weighted by molar-refractivity contribution is 5.94. The summed E-state index contributed by atoms with van der Waals surface area (Å²) < 4.78 is 8.80. The van der Waals surface area contributed by atoms with Crippen molar-refractivity contribution >= 4 is 22.7 Å². The predicted molar refractivity (Wildman–Crippen MR) is 117 cm³/mol. The van der Waals surface area contributed by atoms with Gasteiger partial charge < -0.3 is 14.3 Å². The Morgan fingerprint density at radius 3 is 2.87 bits per heavy atom. The summed E-state index contributed by atoms with van der Waals surface area (Å²) in [4.78, 5) is 25.2. The SMILES string of the molecule is CC(C(=O)Nc1cccc(-c2nnc3n2CCCCC3)c1)n1c(=O)oc2ccccc21. The van der Waals surface area contributed by atoms with Crippen LogP contribution in [-0.2, 0) is 17.8 Å². The Morgan fingerprint density at radius 1 is 1.10 bits per heavy atom. The number of aryl methyl sites for hydroxylation is 1. The lowest BCUT2D eigenvalue weighted by molar-refractivity contribution is -0.118. The second kappa shape index (κ2) is 7.86. The number of amides is 1. The number of anilines is 1. The Morgan fingerprint density at radius 2 is 1.97 bits per heavy atom. The summed E-state index contributed by atoms with van der Waals surface area (Å²) >= 11 is 0. The first-order valence-corrected chi connectivity index (χ1v) is 10.6. The minimum Gasteiger partial charge on any atom is -0.408 e. The maximum absolute atomic E-state index is 12.9. The summed E-state index contributed by atoms with van der Waals surface area (Å²) in [6.45, 7) is 2.59. The van der Waals surface area contributed by atoms with E-state index in [-0.39, 0.29) is 5.91 Å². The molecule has 1 N–H and O–H groups in total. The Labute approximate surface area is 178 Å². The van der Waals surface area contributed by atoms with E-state index in [1.165, 1.54) is 11.0 Å². The molecule has 8 nitrogen and oxygen atoms in total. The summed E-state index contributed by atoms with van der Waals surface area (Å²) in [6.07, 6.45) is 4.38. The van der Waals surface area contributed by atoms with Crippen LogP contribution in [0.3, 0.4) is 0 Å². The maximum atomic E-state index is 12.9. The van der Waals surface area contributed by atoms with Crippen molar-refractivity contribution in [2.45, 2.75) is 45.2 Å². The Balaban J connectivity index is 1.41. The van der Waals surface area contributed by atoms with Crippen molar-refractivity contribution in [3.63, 3.8) is 0 Å². The van der Waals surface area contributed by atoms with Crippen molar-refractivity contribution in [1.82, 2.24) is 19.3 Å². The smallest absolute Gasteiger partial charge is 0.408 e. The Kier molecular flexibility index (Phi) is 4.89. The zero-order valence-corrected chi connectivity index (χ0v) is 17.2. The molecule has 3 heterocycles. The highest BCUT2D eigenvalue weighted by Crippen LogP contribution is 2.25. The first-order chi connectivity index (χ1) is 15.1. The van der Waals surface area contributed by atoms with Crippen LogP contribution in [0.2, 0.25) is 0 Å². The second-order valence-electron chi connectivity index (χ2n) is 7.85. The van der Waals surface area contributed by atoms with Crippen LogP contribution in [0.15, 0.2) is 57.7 Å². The molecule has 0 spiro atoms. The summed E-state index contributed by atoms with van der Waals surface area (Å²) in [5, 5.41) is 11.7. The summed E-state index contributed by atoms with van der Waals surface area (Å²) in [6, 6.07) is 13.9. The Bertz CT molecular complexity index is 1320. The fraction of sp³-hybridized carbons (Fsp3) is 0.304. The Hall–Kier alpha value is -3.68. The van der Waals surface area contributed by atoms with Gasteiger partial charge >= 0.3 is 5.76 Å². The van der Waals surface area contributed by atoms with Gasteiger partial charge in [-0.2, -0.15) is 0 Å². The summed E-state index contributed by atoms with van der Waals surface area (Å²) in [7, 11) is 0. The van der Waals surface area contributed by atoms with Gasteiger partial charge in [0.25, 0.3) is 0 Å². The largest absolute Gasteiger partial charge is 0.420 e. The molecule has 2 aromatic heterocycles. The van der Waals surface area contributed by atoms with Gasteiger partial charge in [-0.05, 0) is 44.0 Å². The number of oxazole rings is 1. The molecular weight excluding hydrogens is 394 g/mol. The van der Waals surface area contributed by atoms with E-state index in [0.29, 0.717) is 16.8 Å². The number of rotatable bonds is 4. The lowest BCUT2D eigenvalue weighted by Gasteiger charge is -2.14. The van der Waals surface area contributed by atoms with Crippen LogP contribution < -0.4 is 11.1 Å². The summed E-state index contributed by atoms with van der Waals surface area (Å²) in [5.41, 5.74) is 2.59. The number of nitrogens with zero attached hydrogens (tertiary/aromatic N) is 4. The van der Waals surface area contributed by atoms with E-state index in [1.54, 1.807) is 25.1 Å². The van der Waals surface area contributed by atoms with Gasteiger partial charge in [-0.1, -0.05) is 30.7 Å². The standard InChI is InChI=1S/C23H23N5O3/c1-15(28-18-10-4-5-11-19(18)31-23(28)30)22(29)24-17-9-7-8-16(14-17)21-26-25-20-12-3-2-6-13-27(20)21/h4-5,7-11,14-15H,2-3,6,12-13H2,1H3,(H,24,29). The van der Waals surface area contributed by atoms with Gasteiger partial charge in [-0.3, -0.25) is 9.36 Å². The number of fused-ring (bicyclic) bond motifs is 2. The minimum absolute atomic E-state index is 0.300. The molecule has 1 amide bonds. The van der Waals surface area contributed by atoms with Gasteiger partial charge in [0.2, 0.25) is 5.91 Å². The highest BCUT2D eigenvalue weighted by Gasteiger charge is 2.22. The number of benzene rings is 2. The zero-order valence-electron chi connectivity index (χ0n) is 17.2. The predicted octanol–water partition coefficient (Wildman–Crippen LogP) is 3.78. The molecule has 0 aliphatic carbocycles. The highest BCUT2D eigenvalue weighted by atomic mass is 16.4. The molecule has 8 heteroatoms. The number of carbonyl (C=O) groups is 1. The van der Waals surface area contributed by atoms with Crippen LogP contribution in [0, 0.1) is 0 Å². The molecule has 0 bridgehead atoms. The molecule has 4 aromatic rings. The molecule has 0 radical (unpaired) electrons. The third-order valence-corrected chi connectivity index (χ3v) is 5.78. The first-order valence-electron chi connectivity index (χ1n) is 10.6. The van der Waals surface area contributed by atoms with Gasteiger partial charge in [0.05, 0.1) is 5.52 Å². The van der Waals surface area contributed by atoms with Gasteiger partial charge in [-0.15, -0.1) is 10.2 Å². The molecular formula is C23H23N5O3. The molecule has 0 fully saturated rings. The molecule has 0 saturated heterocycles. The van der Waals surface area contributed by atoms with E-state index < -0.39 is 11.8 Å². The molecule has 1 unspecified atom stereocenters. The normalized spacial score (nSPS) is 14.7. The molecule has 31 heavy (non-hydrogen) atoms. The van der Waals surface area contributed by atoms with Crippen molar-refractivity contribution in [1.29, 1.82) is 0 Å². The van der Waals surface area contributed by atoms with Gasteiger partial charge in [0, 0.05) is 24.2 Å². The van der Waals surface area contributed by atoms with Crippen molar-refractivity contribution in [3.05, 3.63) is 64.9 Å². The lowest BCUT2D eigenvalue weighted by Crippen LogP contribution is -2.29. The number of carbonyl (C=O) groups excluding carboxylic acids is 1. The number of para-hydroxylation sites is 2. The van der Waals surface area contributed by atoms with E-state index in [1.807, 2.05) is 30.3 Å². The van der Waals surface area contributed by atoms with Gasteiger partial charge in [0.1, 0.15) is 11.9 Å². The van der Waals surface area contributed by atoms with Crippen molar-refractivity contribution in [3.8, 4) is 11.4 Å². The fourth-order valence-electron chi connectivity index (χ4n) is 4.15. The molecule has 1 aliphatic rings. The molecule has 2 aromatic carbocycles. The molecule has 158 valence electrons. The van der Waals surface area contributed by atoms with Crippen LogP contribution >= 0.6 is 0 Å². The quantitative estimate of drug-likeness (QED) is 0.545. The van der Waals surface area contributed by atoms with Crippen LogP contribution in [0.4, 0.5) is 5.69 Å². The van der Waals surface area contributed by atoms with Crippen molar-refractivity contribution < 1.29 is 9.21 Å². The van der Waals surface area contributed by atoms with Gasteiger partial charge in [0.15, 0.2) is 11.4 Å². The third-order valence-electron chi connectivity index (χ3n) is 5.78. The van der Waals surface area contributed by atoms with E-state index in [2.05, 4.69) is 20.1 Å². The minimum atomic E-state index is -0.732. The third kappa shape index (κ3) is 3.54. The number of nitrogens with one attached hydrogen (secondary N) is 1. The maximum Gasteiger partial charge on any atom is 0.420 e. The molecule has 5 rings (SSSR count). The van der Waals surface area contributed by atoms with Crippen LogP contribution in [0.25, 0.3) is 22.5 Å². The number of aromatic nitrogens is 4. The fourth-order valence-corrected chi connectivity index (χ4v) is 4.15. The van der Waals surface area contributed by atoms with Crippen molar-refractivity contribution in [2.75, 3.05) is 5.32 Å². The monoisotopic (exact) mass is 417 g/mol. The van der Waals surface area contributed by atoms with Gasteiger partial charge in [-0.25, -0.2) is 4.79 Å². The van der Waals surface area contributed by atoms with E-state index >= 15 is 0 Å². The number of hydrogen-bond donors (Lipinski definition) is 1. The van der Waals surface area contributed by atoms with E-state index in [0.717, 1.165) is 43.0 Å². The summed E-state index contributed by atoms with van der Waals surface area (Å²) in [5.74, 6) is 0.981. The number of hydrogen-bond acceptors (Lipinski definition) is 5. The van der Waals surface area contributed by atoms with E-state index in [9.17, 15) is 9.59 Å². The van der Waals surface area contributed by atoms with E-state index in [4.69, 9.17) is 4.42 Å². The van der Waals surface area contributed by atoms with Crippen LogP contribution in [0.5, 0.6) is 0 Å². The average Bonchev–Trinajstić information content (AvgIpc) is 3.24. The van der Waals surface area contributed by atoms with Crippen molar-refractivity contribution in [2.24, 2.45) is 0 Å². The topological polar surface area (TPSA) is 95.0 Å². The van der Waals surface area contributed by atoms with Crippen LogP contribution in [0.1, 0.15) is 38.1 Å². The molecule has 1 aliphatic heterocycles. The molecule has 1 atom stereocenters. The lowest BCUT2D eigenvalue weighted by atomic mass is 10.1. The first kappa shape index (κ1) is 19.3. The zero-order chi connectivity index (χ0) is 21.4. The van der Waals surface area contributed by atoms with Crippen LogP contribution in [-0.4, -0.2) is 25.2 Å². The second-order valence-corrected chi connectivity index (χ2v) is 7.85. The average molecular weight is 417 g/mol. The molecule has 0 saturated carbocycles.